The maximum atomic E-state index is 10.6. The summed E-state index contributed by atoms with van der Waals surface area (Å²) in [5.74, 6) is 3.98. The van der Waals surface area contributed by atoms with Gasteiger partial charge in [0.15, 0.2) is 0 Å². The molecular weight excluding hydrogens is 404 g/mol. The van der Waals surface area contributed by atoms with E-state index in [1.165, 1.54) is 56.9 Å². The minimum Gasteiger partial charge on any atom is -0.507 e. The van der Waals surface area contributed by atoms with Crippen molar-refractivity contribution in [3.8, 4) is 11.5 Å². The number of rotatable bonds is 12. The Balaban J connectivity index is 1.87. The summed E-state index contributed by atoms with van der Waals surface area (Å²) in [5, 5.41) is 10.6. The second kappa shape index (κ2) is 11.5. The minimum absolute atomic E-state index is 0.0353. The highest BCUT2D eigenvalue weighted by molar-refractivity contribution is 5.58. The molecule has 1 N–H and O–H groups in total. The molecule has 1 aromatic rings. The molecule has 0 fully saturated rings. The van der Waals surface area contributed by atoms with E-state index in [1.807, 2.05) is 13.8 Å². The molecule has 3 atom stereocenters. The molecule has 1 heterocycles. The van der Waals surface area contributed by atoms with Crippen LogP contribution in [0.3, 0.4) is 0 Å². The first-order valence-corrected chi connectivity index (χ1v) is 13.8. The Bertz CT molecular complexity index is 776. The summed E-state index contributed by atoms with van der Waals surface area (Å²) < 4.78 is 6.82. The molecule has 2 heteroatoms. The maximum absolute atomic E-state index is 10.6. The maximum Gasteiger partial charge on any atom is 0.127 e. The third-order valence-electron chi connectivity index (χ3n) is 8.94. The van der Waals surface area contributed by atoms with E-state index in [2.05, 4.69) is 55.4 Å². The second-order valence-electron chi connectivity index (χ2n) is 12.8. The average molecular weight is 459 g/mol. The predicted molar refractivity (Wildman–Crippen MR) is 144 cm³/mol. The van der Waals surface area contributed by atoms with Crippen LogP contribution in [0, 0.1) is 43.9 Å². The molecule has 0 aromatic heterocycles. The molecule has 0 unspecified atom stereocenters. The summed E-state index contributed by atoms with van der Waals surface area (Å²) >= 11 is 0. The van der Waals surface area contributed by atoms with Gasteiger partial charge in [0.1, 0.15) is 17.1 Å². The van der Waals surface area contributed by atoms with Crippen LogP contribution in [-0.2, 0) is 6.42 Å². The lowest BCUT2D eigenvalue weighted by molar-refractivity contribution is -0.0523. The van der Waals surface area contributed by atoms with Crippen LogP contribution in [-0.4, -0.2) is 10.7 Å². The smallest absolute Gasteiger partial charge is 0.127 e. The number of hydrogen-bond donors (Lipinski definition) is 1. The molecular formula is C31H54O2. The van der Waals surface area contributed by atoms with Crippen LogP contribution in [0.15, 0.2) is 0 Å². The zero-order chi connectivity index (χ0) is 25.0. The molecule has 0 bridgehead atoms. The summed E-state index contributed by atoms with van der Waals surface area (Å²) in [4.78, 5) is 0. The number of hydrogen-bond acceptors (Lipinski definition) is 2. The molecule has 2 nitrogen and oxygen atoms in total. The van der Waals surface area contributed by atoms with Gasteiger partial charge in [0.05, 0.1) is 0 Å². The van der Waals surface area contributed by atoms with E-state index in [4.69, 9.17) is 4.74 Å². The highest BCUT2D eigenvalue weighted by atomic mass is 16.5. The van der Waals surface area contributed by atoms with Gasteiger partial charge in [-0.05, 0) is 81.4 Å². The summed E-state index contributed by atoms with van der Waals surface area (Å²) in [6.07, 6.45) is 12.8. The van der Waals surface area contributed by atoms with Gasteiger partial charge in [0.2, 0.25) is 0 Å². The Morgan fingerprint density at radius 2 is 1.27 bits per heavy atom. The van der Waals surface area contributed by atoms with Crippen molar-refractivity contribution in [3.63, 3.8) is 0 Å². The van der Waals surface area contributed by atoms with Crippen molar-refractivity contribution in [2.75, 3.05) is 0 Å². The van der Waals surface area contributed by atoms with Crippen LogP contribution in [0.2, 0.25) is 0 Å². The van der Waals surface area contributed by atoms with Crippen molar-refractivity contribution >= 4 is 0 Å². The second-order valence-corrected chi connectivity index (χ2v) is 12.8. The first kappa shape index (κ1) is 28.1. The van der Waals surface area contributed by atoms with E-state index in [0.717, 1.165) is 53.0 Å². The Kier molecular flexibility index (Phi) is 9.78. The molecule has 0 saturated heterocycles. The van der Waals surface area contributed by atoms with Gasteiger partial charge in [0.25, 0.3) is 0 Å². The zero-order valence-electron chi connectivity index (χ0n) is 23.7. The fourth-order valence-corrected chi connectivity index (χ4v) is 5.67. The van der Waals surface area contributed by atoms with Crippen molar-refractivity contribution in [3.05, 3.63) is 22.3 Å². The topological polar surface area (TPSA) is 29.5 Å². The Morgan fingerprint density at radius 1 is 0.758 bits per heavy atom. The van der Waals surface area contributed by atoms with E-state index in [9.17, 15) is 5.11 Å². The van der Waals surface area contributed by atoms with Crippen LogP contribution in [0.25, 0.3) is 0 Å². The highest BCUT2D eigenvalue weighted by Crippen LogP contribution is 2.51. The fourth-order valence-electron chi connectivity index (χ4n) is 5.67. The minimum atomic E-state index is -0.175. The van der Waals surface area contributed by atoms with Gasteiger partial charge in [-0.15, -0.1) is 0 Å². The first-order chi connectivity index (χ1) is 15.3. The molecule has 1 aliphatic heterocycles. The molecule has 0 saturated carbocycles. The summed E-state index contributed by atoms with van der Waals surface area (Å²) in [6, 6.07) is 0. The molecule has 1 aromatic carbocycles. The van der Waals surface area contributed by atoms with E-state index in [-0.39, 0.29) is 11.0 Å². The molecule has 0 aliphatic carbocycles. The van der Waals surface area contributed by atoms with E-state index in [0.29, 0.717) is 5.75 Å². The van der Waals surface area contributed by atoms with Crippen LogP contribution in [0.5, 0.6) is 11.5 Å². The van der Waals surface area contributed by atoms with Crippen LogP contribution in [0.1, 0.15) is 129 Å². The summed E-state index contributed by atoms with van der Waals surface area (Å²) in [7, 11) is 0. The molecule has 190 valence electrons. The van der Waals surface area contributed by atoms with Gasteiger partial charge in [-0.25, -0.2) is 0 Å². The van der Waals surface area contributed by atoms with Crippen molar-refractivity contribution < 1.29 is 9.84 Å². The van der Waals surface area contributed by atoms with Gasteiger partial charge in [0, 0.05) is 11.0 Å². The molecule has 0 spiro atoms. The van der Waals surface area contributed by atoms with Crippen molar-refractivity contribution in [2.45, 2.75) is 139 Å². The number of phenolic OH excluding ortho intramolecular Hbond substituents is 1. The van der Waals surface area contributed by atoms with Gasteiger partial charge >= 0.3 is 0 Å². The molecule has 0 radical (unpaired) electrons. The van der Waals surface area contributed by atoms with Crippen LogP contribution in [0.4, 0.5) is 0 Å². The zero-order valence-corrected chi connectivity index (χ0v) is 23.7. The van der Waals surface area contributed by atoms with Gasteiger partial charge in [-0.1, -0.05) is 86.5 Å². The average Bonchev–Trinajstić information content (AvgIpc) is 2.72. The van der Waals surface area contributed by atoms with Crippen molar-refractivity contribution in [1.29, 1.82) is 0 Å². The van der Waals surface area contributed by atoms with E-state index < -0.39 is 0 Å². The van der Waals surface area contributed by atoms with E-state index >= 15 is 0 Å². The lowest BCUT2D eigenvalue weighted by atomic mass is 9.66. The molecule has 33 heavy (non-hydrogen) atoms. The fraction of sp³-hybridized carbons (Fsp3) is 0.806. The standard InChI is InChI=1S/C31H54O2/c1-21(2)14-11-15-22(3)16-12-17-23(4)18-13-19-31(10)30(8,9)20-27-26(7)28(32)24(5)25(6)29(27)33-31/h21-23,32H,11-20H2,1-10H3/t22-,23+,31-/m0/s1. The van der Waals surface area contributed by atoms with Gasteiger partial charge < -0.3 is 9.84 Å². The number of fused-ring (bicyclic) bond motifs is 1. The Morgan fingerprint density at radius 3 is 1.82 bits per heavy atom. The molecule has 1 aliphatic rings. The number of aromatic hydroxyl groups is 1. The Labute approximate surface area is 205 Å². The van der Waals surface area contributed by atoms with Gasteiger partial charge in [-0.3, -0.25) is 0 Å². The normalized spacial score (nSPS) is 21.5. The quantitative estimate of drug-likeness (QED) is 0.338. The monoisotopic (exact) mass is 458 g/mol. The van der Waals surface area contributed by atoms with E-state index in [1.54, 1.807) is 0 Å². The third-order valence-corrected chi connectivity index (χ3v) is 8.94. The SMILES string of the molecule is Cc1c(C)c2c(c(C)c1O)CC(C)(C)[C@](C)(CCC[C@H](C)CCC[C@@H](C)CCCC(C)C)O2. The van der Waals surface area contributed by atoms with Gasteiger partial charge in [-0.2, -0.15) is 0 Å². The highest BCUT2D eigenvalue weighted by Gasteiger charge is 2.47. The lowest BCUT2D eigenvalue weighted by Gasteiger charge is -2.49. The molecule has 0 amide bonds. The van der Waals surface area contributed by atoms with Crippen molar-refractivity contribution in [1.82, 2.24) is 0 Å². The third kappa shape index (κ3) is 6.92. The molecule has 2 rings (SSSR count). The number of ether oxygens (including phenoxy) is 1. The van der Waals surface area contributed by atoms with Crippen LogP contribution >= 0.6 is 0 Å². The number of benzene rings is 1. The Hall–Kier alpha value is -1.18. The lowest BCUT2D eigenvalue weighted by Crippen LogP contribution is -2.51. The first-order valence-electron chi connectivity index (χ1n) is 13.8. The van der Waals surface area contributed by atoms with Crippen molar-refractivity contribution in [2.24, 2.45) is 23.2 Å². The summed E-state index contributed by atoms with van der Waals surface area (Å²) in [6.45, 7) is 22.7. The van der Waals surface area contributed by atoms with Crippen LogP contribution < -0.4 is 4.74 Å². The number of phenols is 1. The summed E-state index contributed by atoms with van der Waals surface area (Å²) in [5.41, 5.74) is 4.12. The largest absolute Gasteiger partial charge is 0.507 e. The predicted octanol–water partition coefficient (Wildman–Crippen LogP) is 9.48.